The van der Waals surface area contributed by atoms with Gasteiger partial charge >= 0.3 is 6.03 Å². The van der Waals surface area contributed by atoms with Crippen molar-refractivity contribution in [3.8, 4) is 0 Å². The lowest BCUT2D eigenvalue weighted by Gasteiger charge is -2.21. The lowest BCUT2D eigenvalue weighted by Crippen LogP contribution is -2.34. The Labute approximate surface area is 125 Å². The second-order valence-corrected chi connectivity index (χ2v) is 4.56. The van der Waals surface area contributed by atoms with Gasteiger partial charge in [-0.25, -0.2) is 4.79 Å². The van der Waals surface area contributed by atoms with E-state index in [1.54, 1.807) is 19.2 Å². The van der Waals surface area contributed by atoms with Crippen LogP contribution in [0.15, 0.2) is 23.5 Å². The first-order chi connectivity index (χ1) is 9.97. The number of halogens is 1. The number of carbonyl (C=O) groups is 1. The summed E-state index contributed by atoms with van der Waals surface area (Å²) in [5.41, 5.74) is 11.8. The maximum atomic E-state index is 10.9. The van der Waals surface area contributed by atoms with Crippen LogP contribution in [0.1, 0.15) is 6.42 Å². The number of anilines is 2. The van der Waals surface area contributed by atoms with Crippen molar-refractivity contribution in [3.05, 3.63) is 28.8 Å². The number of urea groups is 1. The van der Waals surface area contributed by atoms with Gasteiger partial charge in [-0.2, -0.15) is 15.0 Å². The van der Waals surface area contributed by atoms with Crippen LogP contribution >= 0.6 is 11.6 Å². The van der Waals surface area contributed by atoms with Gasteiger partial charge in [-0.05, 0) is 24.1 Å². The van der Waals surface area contributed by atoms with Crippen LogP contribution in [0.3, 0.4) is 0 Å². The van der Waals surface area contributed by atoms with Gasteiger partial charge in [-0.3, -0.25) is 0 Å². The Morgan fingerprint density at radius 1 is 1.38 bits per heavy atom. The average Bonchev–Trinajstić information content (AvgIpc) is 2.41. The quantitative estimate of drug-likeness (QED) is 0.532. The molecule has 0 fully saturated rings. The molecule has 0 saturated carbocycles. The van der Waals surface area contributed by atoms with Crippen molar-refractivity contribution in [1.82, 2.24) is 20.3 Å². The van der Waals surface area contributed by atoms with Crippen LogP contribution in [0.4, 0.5) is 16.7 Å². The van der Waals surface area contributed by atoms with Crippen LogP contribution in [0.5, 0.6) is 0 Å². The van der Waals surface area contributed by atoms with Crippen LogP contribution in [-0.2, 0) is 0 Å². The molecule has 9 nitrogen and oxygen atoms in total. The fourth-order valence-electron chi connectivity index (χ4n) is 1.77. The van der Waals surface area contributed by atoms with Crippen LogP contribution in [-0.4, -0.2) is 34.1 Å². The van der Waals surface area contributed by atoms with Gasteiger partial charge in [0.05, 0.1) is 17.4 Å². The first-order valence-electron chi connectivity index (χ1n) is 6.08. The van der Waals surface area contributed by atoms with E-state index in [9.17, 15) is 4.79 Å². The Hall–Kier alpha value is -2.55. The second-order valence-electron chi connectivity index (χ2n) is 4.22. The van der Waals surface area contributed by atoms with Gasteiger partial charge in [0.2, 0.25) is 17.2 Å². The molecule has 2 rings (SSSR count). The summed E-state index contributed by atoms with van der Waals surface area (Å²) in [7, 11) is 1.67. The van der Waals surface area contributed by atoms with E-state index < -0.39 is 6.03 Å². The highest BCUT2D eigenvalue weighted by atomic mass is 35.5. The summed E-state index contributed by atoms with van der Waals surface area (Å²) in [5.74, 6) is 0.663. The van der Waals surface area contributed by atoms with Crippen molar-refractivity contribution in [1.29, 1.82) is 0 Å². The largest absolute Gasteiger partial charge is 0.397 e. The Bertz CT molecular complexity index is 614. The SMILES string of the molecule is CNc1nc(Cl)nc(NC2C=C(NC(N)=O)C(N)=CC2)n1. The van der Waals surface area contributed by atoms with Gasteiger partial charge in [0.1, 0.15) is 0 Å². The van der Waals surface area contributed by atoms with Gasteiger partial charge in [0.15, 0.2) is 0 Å². The molecule has 7 N–H and O–H groups in total. The van der Waals surface area contributed by atoms with E-state index in [0.717, 1.165) is 0 Å². The van der Waals surface area contributed by atoms with E-state index in [0.29, 0.717) is 29.7 Å². The van der Waals surface area contributed by atoms with Crippen LogP contribution in [0.25, 0.3) is 0 Å². The number of rotatable bonds is 4. The van der Waals surface area contributed by atoms with Crippen molar-refractivity contribution in [2.24, 2.45) is 11.5 Å². The third-order valence-corrected chi connectivity index (χ3v) is 2.84. The van der Waals surface area contributed by atoms with Crippen LogP contribution in [0.2, 0.25) is 5.28 Å². The molecule has 0 aliphatic heterocycles. The molecular weight excluding hydrogens is 296 g/mol. The summed E-state index contributed by atoms with van der Waals surface area (Å²) in [6.45, 7) is 0. The molecular formula is C11H15ClN8O. The molecule has 21 heavy (non-hydrogen) atoms. The van der Waals surface area contributed by atoms with Crippen molar-refractivity contribution in [2.45, 2.75) is 12.5 Å². The van der Waals surface area contributed by atoms with Gasteiger partial charge in [-0.1, -0.05) is 6.08 Å². The van der Waals surface area contributed by atoms with Gasteiger partial charge < -0.3 is 27.4 Å². The number of primary amides is 1. The number of aromatic nitrogens is 3. The summed E-state index contributed by atoms with van der Waals surface area (Å²) in [6.07, 6.45) is 4.11. The molecule has 0 radical (unpaired) electrons. The lowest BCUT2D eigenvalue weighted by atomic mass is 10.0. The van der Waals surface area contributed by atoms with Crippen LogP contribution in [0, 0.1) is 0 Å². The third kappa shape index (κ3) is 3.96. The summed E-state index contributed by atoms with van der Waals surface area (Å²) >= 11 is 5.80. The summed E-state index contributed by atoms with van der Waals surface area (Å²) < 4.78 is 0. The van der Waals surface area contributed by atoms with E-state index in [1.165, 1.54) is 0 Å². The fraction of sp³-hybridized carbons (Fsp3) is 0.273. The highest BCUT2D eigenvalue weighted by Crippen LogP contribution is 2.17. The van der Waals surface area contributed by atoms with Crippen LogP contribution < -0.4 is 27.4 Å². The molecule has 0 aromatic carbocycles. The number of hydrogen-bond donors (Lipinski definition) is 5. The lowest BCUT2D eigenvalue weighted by molar-refractivity contribution is 0.251. The van der Waals surface area contributed by atoms with Gasteiger partial charge in [0, 0.05) is 7.05 Å². The number of nitrogens with one attached hydrogen (secondary N) is 3. The maximum absolute atomic E-state index is 10.9. The van der Waals surface area contributed by atoms with E-state index >= 15 is 0 Å². The molecule has 2 amide bonds. The Kier molecular flexibility index (Phi) is 4.43. The molecule has 0 spiro atoms. The number of hydrogen-bond acceptors (Lipinski definition) is 7. The summed E-state index contributed by atoms with van der Waals surface area (Å²) in [6, 6.07) is -0.846. The molecule has 10 heteroatoms. The first kappa shape index (κ1) is 14.9. The smallest absolute Gasteiger partial charge is 0.316 e. The second kappa shape index (κ2) is 6.27. The molecule has 1 heterocycles. The Morgan fingerprint density at radius 2 is 2.10 bits per heavy atom. The molecule has 0 bridgehead atoms. The van der Waals surface area contributed by atoms with E-state index in [1.807, 2.05) is 0 Å². The van der Waals surface area contributed by atoms with Gasteiger partial charge in [0.25, 0.3) is 0 Å². The summed E-state index contributed by atoms with van der Waals surface area (Å²) in [4.78, 5) is 22.9. The molecule has 1 aliphatic carbocycles. The minimum atomic E-state index is -0.682. The maximum Gasteiger partial charge on any atom is 0.316 e. The molecule has 1 atom stereocenters. The van der Waals surface area contributed by atoms with Crippen molar-refractivity contribution >= 4 is 29.5 Å². The fourth-order valence-corrected chi connectivity index (χ4v) is 1.93. The molecule has 0 saturated heterocycles. The average molecular weight is 311 g/mol. The first-order valence-corrected chi connectivity index (χ1v) is 6.46. The van der Waals surface area contributed by atoms with E-state index in [2.05, 4.69) is 30.9 Å². The minimum absolute atomic E-state index is 0.0715. The molecule has 1 unspecified atom stereocenters. The van der Waals surface area contributed by atoms with E-state index in [4.69, 9.17) is 23.1 Å². The number of carbonyl (C=O) groups excluding carboxylic acids is 1. The van der Waals surface area contributed by atoms with E-state index in [-0.39, 0.29) is 11.3 Å². The normalized spacial score (nSPS) is 17.5. The predicted octanol–water partition coefficient (Wildman–Crippen LogP) is 0.146. The van der Waals surface area contributed by atoms with Crippen molar-refractivity contribution < 1.29 is 4.79 Å². The third-order valence-electron chi connectivity index (χ3n) is 2.67. The zero-order chi connectivity index (χ0) is 15.4. The molecule has 112 valence electrons. The predicted molar refractivity (Wildman–Crippen MR) is 79.5 cm³/mol. The topological polar surface area (TPSA) is 144 Å². The van der Waals surface area contributed by atoms with Crippen molar-refractivity contribution in [2.75, 3.05) is 17.7 Å². The molecule has 1 aromatic rings. The Balaban J connectivity index is 2.15. The van der Waals surface area contributed by atoms with Crippen molar-refractivity contribution in [3.63, 3.8) is 0 Å². The standard InChI is InChI=1S/C11H15ClN8O/c1-15-10-18-8(12)19-11(20-10)16-5-2-3-6(13)7(4-5)17-9(14)21/h3-5H,2,13H2,1H3,(H3,14,17,21)(H2,15,16,18,19,20). The number of nitrogens with zero attached hydrogens (tertiary/aromatic N) is 3. The zero-order valence-electron chi connectivity index (χ0n) is 11.2. The highest BCUT2D eigenvalue weighted by Gasteiger charge is 2.16. The molecule has 1 aromatic heterocycles. The Morgan fingerprint density at radius 3 is 2.76 bits per heavy atom. The minimum Gasteiger partial charge on any atom is -0.397 e. The monoisotopic (exact) mass is 310 g/mol. The number of amides is 2. The summed E-state index contributed by atoms with van der Waals surface area (Å²) in [5, 5.41) is 8.37. The highest BCUT2D eigenvalue weighted by molar-refractivity contribution is 6.28. The molecule has 1 aliphatic rings. The zero-order valence-corrected chi connectivity index (χ0v) is 12.0. The number of nitrogens with two attached hydrogens (primary N) is 2. The van der Waals surface area contributed by atoms with Gasteiger partial charge in [-0.15, -0.1) is 0 Å².